The Morgan fingerprint density at radius 3 is 2.56 bits per heavy atom. The maximum absolute atomic E-state index is 12.2. The molecule has 0 bridgehead atoms. The highest BCUT2D eigenvalue weighted by atomic mass is 16.6. The highest BCUT2D eigenvalue weighted by Gasteiger charge is 2.33. The fourth-order valence-electron chi connectivity index (χ4n) is 2.70. The van der Waals surface area contributed by atoms with Crippen LogP contribution in [0.15, 0.2) is 30.3 Å². The second-order valence-corrected chi connectivity index (χ2v) is 7.33. The molecular formula is C19H28N2O4. The molecule has 6 nitrogen and oxygen atoms in total. The third kappa shape index (κ3) is 5.96. The summed E-state index contributed by atoms with van der Waals surface area (Å²) < 4.78 is 10.7. The Kier molecular flexibility index (Phi) is 6.28. The van der Waals surface area contributed by atoms with E-state index in [1.165, 1.54) is 0 Å². The van der Waals surface area contributed by atoms with Crippen LogP contribution in [0.2, 0.25) is 0 Å². The monoisotopic (exact) mass is 348 g/mol. The first kappa shape index (κ1) is 19.1. The molecule has 6 heteroatoms. The lowest BCUT2D eigenvalue weighted by Crippen LogP contribution is -2.42. The normalized spacial score (nSPS) is 17.3. The number of rotatable bonds is 4. The summed E-state index contributed by atoms with van der Waals surface area (Å²) in [6.45, 7) is 6.92. The molecule has 1 fully saturated rings. The molecule has 25 heavy (non-hydrogen) atoms. The van der Waals surface area contributed by atoms with Crippen LogP contribution in [-0.4, -0.2) is 60.4 Å². The van der Waals surface area contributed by atoms with E-state index in [0.29, 0.717) is 26.1 Å². The predicted octanol–water partition coefficient (Wildman–Crippen LogP) is 3.31. The van der Waals surface area contributed by atoms with Crippen LogP contribution in [0.25, 0.3) is 0 Å². The molecule has 0 aliphatic carbocycles. The zero-order valence-corrected chi connectivity index (χ0v) is 15.5. The van der Waals surface area contributed by atoms with Gasteiger partial charge in [-0.1, -0.05) is 30.3 Å². The summed E-state index contributed by atoms with van der Waals surface area (Å²) in [6.07, 6.45) is 0.735. The van der Waals surface area contributed by atoms with Gasteiger partial charge in [-0.2, -0.15) is 0 Å². The van der Waals surface area contributed by atoms with E-state index in [9.17, 15) is 9.59 Å². The number of carbonyl (C=O) groups excluding carboxylic acids is 2. The fourth-order valence-corrected chi connectivity index (χ4v) is 2.70. The number of amides is 2. The van der Waals surface area contributed by atoms with Crippen molar-refractivity contribution in [3.05, 3.63) is 35.9 Å². The van der Waals surface area contributed by atoms with Gasteiger partial charge >= 0.3 is 12.2 Å². The van der Waals surface area contributed by atoms with Crippen molar-refractivity contribution >= 4 is 12.2 Å². The Hall–Kier alpha value is -2.24. The lowest BCUT2D eigenvalue weighted by atomic mass is 10.2. The minimum atomic E-state index is -0.528. The number of hydrogen-bond acceptors (Lipinski definition) is 4. The van der Waals surface area contributed by atoms with Crippen LogP contribution in [-0.2, 0) is 15.9 Å². The standard InChI is InChI=1S/C19H28N2O4/c1-19(2,3)25-17(22)20(4)16-10-12-21(14-16)18(23)24-13-11-15-8-6-5-7-9-15/h5-9,16H,10-14H2,1-4H3/t16-/m1/s1. The van der Waals surface area contributed by atoms with Crippen LogP contribution in [0.5, 0.6) is 0 Å². The molecular weight excluding hydrogens is 320 g/mol. The minimum absolute atomic E-state index is 0.0449. The summed E-state index contributed by atoms with van der Waals surface area (Å²) in [5, 5.41) is 0. The van der Waals surface area contributed by atoms with E-state index in [1.54, 1.807) is 16.8 Å². The molecule has 0 radical (unpaired) electrons. The van der Waals surface area contributed by atoms with Gasteiger partial charge in [-0.3, -0.25) is 0 Å². The molecule has 2 amide bonds. The van der Waals surface area contributed by atoms with E-state index < -0.39 is 5.60 Å². The first-order valence-electron chi connectivity index (χ1n) is 8.68. The van der Waals surface area contributed by atoms with Crippen LogP contribution in [0.3, 0.4) is 0 Å². The predicted molar refractivity (Wildman–Crippen MR) is 95.5 cm³/mol. The fraction of sp³-hybridized carbons (Fsp3) is 0.579. The molecule has 138 valence electrons. The summed E-state index contributed by atoms with van der Waals surface area (Å²) in [6, 6.07) is 9.87. The van der Waals surface area contributed by atoms with E-state index in [-0.39, 0.29) is 18.2 Å². The number of benzene rings is 1. The molecule has 1 heterocycles. The number of carbonyl (C=O) groups is 2. The zero-order chi connectivity index (χ0) is 18.4. The van der Waals surface area contributed by atoms with Gasteiger partial charge in [0.2, 0.25) is 0 Å². The van der Waals surface area contributed by atoms with E-state index in [2.05, 4.69) is 0 Å². The topological polar surface area (TPSA) is 59.1 Å². The highest BCUT2D eigenvalue weighted by Crippen LogP contribution is 2.18. The lowest BCUT2D eigenvalue weighted by Gasteiger charge is -2.28. The molecule has 1 atom stereocenters. The van der Waals surface area contributed by atoms with Crippen LogP contribution < -0.4 is 0 Å². The van der Waals surface area contributed by atoms with Crippen molar-refractivity contribution < 1.29 is 19.1 Å². The third-order valence-corrected chi connectivity index (χ3v) is 4.11. The van der Waals surface area contributed by atoms with Crippen LogP contribution in [0.4, 0.5) is 9.59 Å². The molecule has 0 spiro atoms. The van der Waals surface area contributed by atoms with Gasteiger partial charge in [-0.15, -0.1) is 0 Å². The Bertz CT molecular complexity index is 583. The van der Waals surface area contributed by atoms with Crippen LogP contribution >= 0.6 is 0 Å². The molecule has 1 aromatic rings. The molecule has 0 N–H and O–H groups in total. The lowest BCUT2D eigenvalue weighted by molar-refractivity contribution is 0.0225. The SMILES string of the molecule is CN(C(=O)OC(C)(C)C)[C@@H]1CCN(C(=O)OCCc2ccccc2)C1. The third-order valence-electron chi connectivity index (χ3n) is 4.11. The van der Waals surface area contributed by atoms with Gasteiger partial charge in [0.15, 0.2) is 0 Å². The van der Waals surface area contributed by atoms with Crippen molar-refractivity contribution in [2.45, 2.75) is 45.3 Å². The van der Waals surface area contributed by atoms with Crippen LogP contribution in [0.1, 0.15) is 32.8 Å². The van der Waals surface area contributed by atoms with Crippen molar-refractivity contribution in [3.8, 4) is 0 Å². The van der Waals surface area contributed by atoms with Crippen molar-refractivity contribution in [1.29, 1.82) is 0 Å². The quantitative estimate of drug-likeness (QED) is 0.838. The smallest absolute Gasteiger partial charge is 0.410 e. The van der Waals surface area contributed by atoms with E-state index in [0.717, 1.165) is 12.0 Å². The van der Waals surface area contributed by atoms with Crippen molar-refractivity contribution in [1.82, 2.24) is 9.80 Å². The average Bonchev–Trinajstić information content (AvgIpc) is 3.03. The zero-order valence-electron chi connectivity index (χ0n) is 15.5. The first-order valence-corrected chi connectivity index (χ1v) is 8.68. The van der Waals surface area contributed by atoms with Gasteiger partial charge in [0, 0.05) is 26.6 Å². The van der Waals surface area contributed by atoms with Gasteiger partial charge in [0.1, 0.15) is 5.60 Å². The molecule has 0 aromatic heterocycles. The molecule has 1 saturated heterocycles. The average molecular weight is 348 g/mol. The van der Waals surface area contributed by atoms with E-state index in [4.69, 9.17) is 9.47 Å². The highest BCUT2D eigenvalue weighted by molar-refractivity contribution is 5.70. The van der Waals surface area contributed by atoms with Crippen molar-refractivity contribution in [3.63, 3.8) is 0 Å². The number of nitrogens with zero attached hydrogens (tertiary/aromatic N) is 2. The summed E-state index contributed by atoms with van der Waals surface area (Å²) in [5.74, 6) is 0. The second kappa shape index (κ2) is 8.23. The summed E-state index contributed by atoms with van der Waals surface area (Å²) in [5.41, 5.74) is 0.610. The largest absolute Gasteiger partial charge is 0.449 e. The van der Waals surface area contributed by atoms with Crippen LogP contribution in [0, 0.1) is 0 Å². The summed E-state index contributed by atoms with van der Waals surface area (Å²) in [4.78, 5) is 27.5. The Labute approximate surface area is 149 Å². The Balaban J connectivity index is 1.75. The first-order chi connectivity index (χ1) is 11.8. The molecule has 1 aromatic carbocycles. The van der Waals surface area contributed by atoms with Gasteiger partial charge in [-0.25, -0.2) is 9.59 Å². The minimum Gasteiger partial charge on any atom is -0.449 e. The number of likely N-dealkylation sites (N-methyl/N-ethyl adjacent to an activating group) is 1. The number of likely N-dealkylation sites (tertiary alicyclic amines) is 1. The van der Waals surface area contributed by atoms with Gasteiger partial charge in [-0.05, 0) is 32.8 Å². The van der Waals surface area contributed by atoms with Gasteiger partial charge in [0.25, 0.3) is 0 Å². The molecule has 0 saturated carbocycles. The van der Waals surface area contributed by atoms with Crippen molar-refractivity contribution in [2.24, 2.45) is 0 Å². The molecule has 0 unspecified atom stereocenters. The molecule has 2 rings (SSSR count). The summed E-state index contributed by atoms with van der Waals surface area (Å²) >= 11 is 0. The second-order valence-electron chi connectivity index (χ2n) is 7.33. The maximum Gasteiger partial charge on any atom is 0.410 e. The van der Waals surface area contributed by atoms with E-state index >= 15 is 0 Å². The Morgan fingerprint density at radius 2 is 1.92 bits per heavy atom. The van der Waals surface area contributed by atoms with Gasteiger partial charge < -0.3 is 19.3 Å². The molecule has 1 aliphatic rings. The Morgan fingerprint density at radius 1 is 1.24 bits per heavy atom. The maximum atomic E-state index is 12.2. The van der Waals surface area contributed by atoms with Crippen molar-refractivity contribution in [2.75, 3.05) is 26.7 Å². The molecule has 1 aliphatic heterocycles. The van der Waals surface area contributed by atoms with E-state index in [1.807, 2.05) is 51.1 Å². The van der Waals surface area contributed by atoms with Gasteiger partial charge in [0.05, 0.1) is 12.6 Å². The number of ether oxygens (including phenoxy) is 2. The number of hydrogen-bond donors (Lipinski definition) is 0. The summed E-state index contributed by atoms with van der Waals surface area (Å²) in [7, 11) is 1.71.